The largest absolute Gasteiger partial charge is 0.497 e. The van der Waals surface area contributed by atoms with Gasteiger partial charge in [0.15, 0.2) is 0 Å². The fraction of sp³-hybridized carbons (Fsp3) is 0.600. The lowest BCUT2D eigenvalue weighted by atomic mass is 9.91. The summed E-state index contributed by atoms with van der Waals surface area (Å²) in [4.78, 5) is 0. The first-order valence-corrected chi connectivity index (χ1v) is 6.46. The molecule has 0 aliphatic rings. The molecule has 0 fully saturated rings. The summed E-state index contributed by atoms with van der Waals surface area (Å²) in [6.45, 7) is 7.92. The van der Waals surface area contributed by atoms with Crippen LogP contribution in [0.2, 0.25) is 0 Å². The zero-order valence-corrected chi connectivity index (χ0v) is 12.0. The molecule has 3 nitrogen and oxygen atoms in total. The topological polar surface area (TPSA) is 44.5 Å². The van der Waals surface area contributed by atoms with E-state index < -0.39 is 0 Å². The van der Waals surface area contributed by atoms with E-state index in [4.69, 9.17) is 15.2 Å². The minimum absolute atomic E-state index is 0.356. The van der Waals surface area contributed by atoms with E-state index in [1.807, 2.05) is 18.2 Å². The molecule has 1 rings (SSSR count). The molecule has 1 aromatic carbocycles. The molecule has 1 aromatic rings. The second-order valence-electron chi connectivity index (χ2n) is 5.69. The van der Waals surface area contributed by atoms with Gasteiger partial charge in [0.1, 0.15) is 11.5 Å². The number of hydrogen-bond acceptors (Lipinski definition) is 3. The van der Waals surface area contributed by atoms with Crippen molar-refractivity contribution in [3.63, 3.8) is 0 Å². The molecule has 0 saturated heterocycles. The van der Waals surface area contributed by atoms with Crippen LogP contribution in [0.3, 0.4) is 0 Å². The molecule has 0 amide bonds. The van der Waals surface area contributed by atoms with Crippen molar-refractivity contribution in [1.82, 2.24) is 0 Å². The molecule has 0 heterocycles. The van der Waals surface area contributed by atoms with Gasteiger partial charge in [-0.2, -0.15) is 0 Å². The average molecular weight is 251 g/mol. The van der Waals surface area contributed by atoms with Crippen LogP contribution in [-0.2, 0) is 6.54 Å². The molecule has 2 N–H and O–H groups in total. The van der Waals surface area contributed by atoms with Crippen LogP contribution in [0.1, 0.15) is 39.2 Å². The number of benzene rings is 1. The summed E-state index contributed by atoms with van der Waals surface area (Å²) in [6.07, 6.45) is 2.19. The lowest BCUT2D eigenvalue weighted by molar-refractivity contribution is 0.266. The van der Waals surface area contributed by atoms with Crippen LogP contribution in [0.5, 0.6) is 11.5 Å². The highest BCUT2D eigenvalue weighted by molar-refractivity contribution is 5.40. The van der Waals surface area contributed by atoms with Crippen LogP contribution in [0.15, 0.2) is 18.2 Å². The molecule has 0 spiro atoms. The van der Waals surface area contributed by atoms with Gasteiger partial charge in [0.2, 0.25) is 0 Å². The summed E-state index contributed by atoms with van der Waals surface area (Å²) in [6, 6.07) is 5.77. The van der Waals surface area contributed by atoms with E-state index in [-0.39, 0.29) is 0 Å². The molecule has 102 valence electrons. The fourth-order valence-electron chi connectivity index (χ4n) is 1.75. The summed E-state index contributed by atoms with van der Waals surface area (Å²) >= 11 is 0. The summed E-state index contributed by atoms with van der Waals surface area (Å²) in [5.41, 5.74) is 7.07. The third kappa shape index (κ3) is 4.96. The Kier molecular flexibility index (Phi) is 5.48. The van der Waals surface area contributed by atoms with Crippen molar-refractivity contribution in [2.75, 3.05) is 13.7 Å². The molecule has 0 bridgehead atoms. The molecule has 3 heteroatoms. The maximum atomic E-state index is 5.81. The number of methoxy groups -OCH3 is 1. The zero-order chi connectivity index (χ0) is 13.6. The van der Waals surface area contributed by atoms with Crippen molar-refractivity contribution in [2.24, 2.45) is 11.1 Å². The second-order valence-corrected chi connectivity index (χ2v) is 5.69. The second kappa shape index (κ2) is 6.64. The SMILES string of the molecule is COc1ccc(CN)c(OCCCC(C)(C)C)c1. The highest BCUT2D eigenvalue weighted by Gasteiger charge is 2.10. The smallest absolute Gasteiger partial charge is 0.127 e. The summed E-state index contributed by atoms with van der Waals surface area (Å²) < 4.78 is 11.0. The molecule has 0 saturated carbocycles. The van der Waals surface area contributed by atoms with Crippen LogP contribution < -0.4 is 15.2 Å². The first kappa shape index (κ1) is 14.8. The van der Waals surface area contributed by atoms with Gasteiger partial charge >= 0.3 is 0 Å². The van der Waals surface area contributed by atoms with Gasteiger partial charge in [-0.1, -0.05) is 26.8 Å². The van der Waals surface area contributed by atoms with Crippen LogP contribution in [0.25, 0.3) is 0 Å². The number of ether oxygens (including phenoxy) is 2. The van der Waals surface area contributed by atoms with Crippen molar-refractivity contribution in [3.05, 3.63) is 23.8 Å². The molecule has 0 aliphatic heterocycles. The van der Waals surface area contributed by atoms with E-state index in [1.165, 1.54) is 0 Å². The van der Waals surface area contributed by atoms with Gasteiger partial charge in [0.25, 0.3) is 0 Å². The van der Waals surface area contributed by atoms with Crippen LogP contribution in [0.4, 0.5) is 0 Å². The summed E-state index contributed by atoms with van der Waals surface area (Å²) in [5, 5.41) is 0. The lowest BCUT2D eigenvalue weighted by Crippen LogP contribution is -2.09. The maximum absolute atomic E-state index is 5.81. The number of rotatable bonds is 6. The molecular weight excluding hydrogens is 226 g/mol. The minimum atomic E-state index is 0.356. The van der Waals surface area contributed by atoms with E-state index in [0.717, 1.165) is 36.5 Å². The molecule has 0 aliphatic carbocycles. The molecule has 0 aromatic heterocycles. The quantitative estimate of drug-likeness (QED) is 0.788. The van der Waals surface area contributed by atoms with Gasteiger partial charge in [-0.15, -0.1) is 0 Å². The van der Waals surface area contributed by atoms with E-state index in [0.29, 0.717) is 12.0 Å². The standard InChI is InChI=1S/C15H25NO2/c1-15(2,3)8-5-9-18-14-10-13(17-4)7-6-12(14)11-16/h6-7,10H,5,8-9,11,16H2,1-4H3. The Bertz CT molecular complexity index is 369. The van der Waals surface area contributed by atoms with Gasteiger partial charge in [0, 0.05) is 18.2 Å². The lowest BCUT2D eigenvalue weighted by Gasteiger charge is -2.18. The number of nitrogens with two attached hydrogens (primary N) is 1. The van der Waals surface area contributed by atoms with Gasteiger partial charge in [-0.3, -0.25) is 0 Å². The first-order chi connectivity index (χ1) is 8.46. The monoisotopic (exact) mass is 251 g/mol. The van der Waals surface area contributed by atoms with Crippen molar-refractivity contribution in [1.29, 1.82) is 0 Å². The Morgan fingerprint density at radius 3 is 2.50 bits per heavy atom. The Balaban J connectivity index is 2.54. The molecule has 0 radical (unpaired) electrons. The highest BCUT2D eigenvalue weighted by atomic mass is 16.5. The Labute approximate surface area is 110 Å². The predicted octanol–water partition coefficient (Wildman–Crippen LogP) is 3.36. The third-order valence-corrected chi connectivity index (χ3v) is 2.82. The zero-order valence-electron chi connectivity index (χ0n) is 12.0. The Morgan fingerprint density at radius 1 is 1.22 bits per heavy atom. The van der Waals surface area contributed by atoms with Crippen LogP contribution in [0, 0.1) is 5.41 Å². The minimum Gasteiger partial charge on any atom is -0.497 e. The molecule has 0 atom stereocenters. The normalized spacial score (nSPS) is 11.4. The summed E-state index contributed by atoms with van der Waals surface area (Å²) in [5.74, 6) is 1.64. The van der Waals surface area contributed by atoms with E-state index in [9.17, 15) is 0 Å². The van der Waals surface area contributed by atoms with Crippen molar-refractivity contribution >= 4 is 0 Å². The van der Waals surface area contributed by atoms with E-state index >= 15 is 0 Å². The average Bonchev–Trinajstić information content (AvgIpc) is 2.33. The summed E-state index contributed by atoms with van der Waals surface area (Å²) in [7, 11) is 1.65. The van der Waals surface area contributed by atoms with Crippen LogP contribution in [-0.4, -0.2) is 13.7 Å². The maximum Gasteiger partial charge on any atom is 0.127 e. The van der Waals surface area contributed by atoms with Crippen LogP contribution >= 0.6 is 0 Å². The van der Waals surface area contributed by atoms with Crippen molar-refractivity contribution in [3.8, 4) is 11.5 Å². The Morgan fingerprint density at radius 2 is 1.94 bits per heavy atom. The Hall–Kier alpha value is -1.22. The fourth-order valence-corrected chi connectivity index (χ4v) is 1.75. The third-order valence-electron chi connectivity index (χ3n) is 2.82. The van der Waals surface area contributed by atoms with Gasteiger partial charge in [0.05, 0.1) is 13.7 Å². The van der Waals surface area contributed by atoms with Gasteiger partial charge in [-0.05, 0) is 24.3 Å². The molecule has 18 heavy (non-hydrogen) atoms. The predicted molar refractivity (Wildman–Crippen MR) is 75.1 cm³/mol. The van der Waals surface area contributed by atoms with Crippen molar-refractivity contribution in [2.45, 2.75) is 40.2 Å². The van der Waals surface area contributed by atoms with E-state index in [1.54, 1.807) is 7.11 Å². The molecule has 0 unspecified atom stereocenters. The first-order valence-electron chi connectivity index (χ1n) is 6.46. The van der Waals surface area contributed by atoms with Crippen molar-refractivity contribution < 1.29 is 9.47 Å². The number of hydrogen-bond donors (Lipinski definition) is 1. The molecular formula is C15H25NO2. The van der Waals surface area contributed by atoms with Gasteiger partial charge in [-0.25, -0.2) is 0 Å². The van der Waals surface area contributed by atoms with E-state index in [2.05, 4.69) is 20.8 Å². The van der Waals surface area contributed by atoms with Gasteiger partial charge < -0.3 is 15.2 Å². The highest BCUT2D eigenvalue weighted by Crippen LogP contribution is 2.25.